The van der Waals surface area contributed by atoms with Crippen molar-refractivity contribution in [1.29, 1.82) is 0 Å². The van der Waals surface area contributed by atoms with Gasteiger partial charge in [0.05, 0.1) is 11.6 Å². The largest absolute Gasteiger partial charge is 0.416 e. The van der Waals surface area contributed by atoms with Gasteiger partial charge in [0.1, 0.15) is 4.21 Å². The molecule has 10 heteroatoms. The summed E-state index contributed by atoms with van der Waals surface area (Å²) < 4.78 is 65.1. The topological polar surface area (TPSA) is 75.3 Å². The number of sulfonamides is 1. The number of carbonyl (C=O) groups is 1. The van der Waals surface area contributed by atoms with Gasteiger partial charge in [0.25, 0.3) is 10.0 Å². The van der Waals surface area contributed by atoms with Crippen LogP contribution in [-0.4, -0.2) is 20.4 Å². The Morgan fingerprint density at radius 3 is 2.48 bits per heavy atom. The van der Waals surface area contributed by atoms with E-state index in [-0.39, 0.29) is 15.5 Å². The third-order valence-corrected chi connectivity index (χ3v) is 6.23. The molecule has 0 spiro atoms. The predicted molar refractivity (Wildman–Crippen MR) is 88.9 cm³/mol. The summed E-state index contributed by atoms with van der Waals surface area (Å²) in [6.45, 7) is 2.62. The van der Waals surface area contributed by atoms with Gasteiger partial charge in [-0.2, -0.15) is 17.9 Å². The third-order valence-electron chi connectivity index (χ3n) is 3.30. The van der Waals surface area contributed by atoms with Gasteiger partial charge in [-0.25, -0.2) is 8.42 Å². The molecule has 1 amide bonds. The van der Waals surface area contributed by atoms with Gasteiger partial charge in [-0.15, -0.1) is 11.3 Å². The molecular formula is C15H15F3N2O3S2. The first-order chi connectivity index (χ1) is 11.5. The summed E-state index contributed by atoms with van der Waals surface area (Å²) in [4.78, 5) is 12.1. The van der Waals surface area contributed by atoms with E-state index in [0.29, 0.717) is 0 Å². The fourth-order valence-electron chi connectivity index (χ4n) is 2.02. The van der Waals surface area contributed by atoms with Gasteiger partial charge < -0.3 is 5.32 Å². The molecule has 2 rings (SSSR count). The molecule has 5 nitrogen and oxygen atoms in total. The zero-order valence-electron chi connectivity index (χ0n) is 13.2. The van der Waals surface area contributed by atoms with E-state index in [2.05, 4.69) is 10.0 Å². The van der Waals surface area contributed by atoms with Crippen LogP contribution in [0.15, 0.2) is 39.9 Å². The van der Waals surface area contributed by atoms with Crippen molar-refractivity contribution in [2.24, 2.45) is 0 Å². The van der Waals surface area contributed by atoms with Crippen LogP contribution >= 0.6 is 11.3 Å². The SMILES string of the molecule is Cc1ccc(NC(=O)C(C)NS(=O)(=O)c2cccs2)cc1C(F)(F)F. The van der Waals surface area contributed by atoms with E-state index >= 15 is 0 Å². The molecule has 0 aliphatic carbocycles. The summed E-state index contributed by atoms with van der Waals surface area (Å²) in [6, 6.07) is 5.14. The first kappa shape index (κ1) is 19.4. The number of benzene rings is 1. The Morgan fingerprint density at radius 2 is 1.92 bits per heavy atom. The van der Waals surface area contributed by atoms with Crippen molar-refractivity contribution < 1.29 is 26.4 Å². The Balaban J connectivity index is 2.12. The lowest BCUT2D eigenvalue weighted by atomic mass is 10.1. The summed E-state index contributed by atoms with van der Waals surface area (Å²) in [5.41, 5.74) is -0.904. The minimum atomic E-state index is -4.54. The molecule has 0 fully saturated rings. The average molecular weight is 392 g/mol. The maximum atomic E-state index is 12.9. The van der Waals surface area contributed by atoms with E-state index in [4.69, 9.17) is 0 Å². The Morgan fingerprint density at radius 1 is 1.24 bits per heavy atom. The molecule has 0 aliphatic heterocycles. The average Bonchev–Trinajstić information content (AvgIpc) is 3.02. The number of nitrogens with one attached hydrogen (secondary N) is 2. The van der Waals surface area contributed by atoms with E-state index < -0.39 is 33.7 Å². The summed E-state index contributed by atoms with van der Waals surface area (Å²) in [5, 5.41) is 3.86. The molecule has 0 radical (unpaired) electrons. The van der Waals surface area contributed by atoms with Crippen LogP contribution in [0.3, 0.4) is 0 Å². The van der Waals surface area contributed by atoms with E-state index in [9.17, 15) is 26.4 Å². The molecule has 2 N–H and O–H groups in total. The van der Waals surface area contributed by atoms with Crippen molar-refractivity contribution in [2.75, 3.05) is 5.32 Å². The smallest absolute Gasteiger partial charge is 0.325 e. The maximum Gasteiger partial charge on any atom is 0.416 e. The number of carbonyl (C=O) groups excluding carboxylic acids is 1. The van der Waals surface area contributed by atoms with Gasteiger partial charge in [-0.1, -0.05) is 12.1 Å². The van der Waals surface area contributed by atoms with Gasteiger partial charge in [-0.05, 0) is 43.0 Å². The highest BCUT2D eigenvalue weighted by molar-refractivity contribution is 7.91. The molecule has 2 aromatic rings. The van der Waals surface area contributed by atoms with Crippen LogP contribution in [0.2, 0.25) is 0 Å². The molecule has 25 heavy (non-hydrogen) atoms. The fraction of sp³-hybridized carbons (Fsp3) is 0.267. The van der Waals surface area contributed by atoms with Gasteiger partial charge in [-0.3, -0.25) is 4.79 Å². The normalized spacial score (nSPS) is 13.5. The molecule has 0 saturated carbocycles. The van der Waals surface area contributed by atoms with Crippen LogP contribution in [0.4, 0.5) is 18.9 Å². The van der Waals surface area contributed by atoms with E-state index in [1.54, 1.807) is 11.4 Å². The molecule has 1 heterocycles. The number of anilines is 1. The zero-order valence-corrected chi connectivity index (χ0v) is 14.8. The minimum absolute atomic E-state index is 0.0249. The molecule has 1 atom stereocenters. The number of alkyl halides is 3. The molecule has 0 saturated heterocycles. The lowest BCUT2D eigenvalue weighted by Gasteiger charge is -2.16. The number of amides is 1. The standard InChI is InChI=1S/C15H15F3N2O3S2/c1-9-5-6-11(8-12(9)15(16,17)18)19-14(21)10(2)20-25(22,23)13-4-3-7-24-13/h3-8,10,20H,1-2H3,(H,19,21). The Labute approximate surface area is 146 Å². The van der Waals surface area contributed by atoms with Crippen molar-refractivity contribution >= 4 is 33.0 Å². The van der Waals surface area contributed by atoms with Crippen molar-refractivity contribution in [2.45, 2.75) is 30.3 Å². The highest BCUT2D eigenvalue weighted by atomic mass is 32.2. The summed E-state index contributed by atoms with van der Waals surface area (Å²) in [6.07, 6.45) is -4.54. The molecule has 1 aromatic heterocycles. The first-order valence-electron chi connectivity index (χ1n) is 7.05. The van der Waals surface area contributed by atoms with Crippen molar-refractivity contribution in [3.05, 3.63) is 46.8 Å². The van der Waals surface area contributed by atoms with Crippen LogP contribution in [0.5, 0.6) is 0 Å². The summed E-state index contributed by atoms with van der Waals surface area (Å²) in [7, 11) is -3.86. The summed E-state index contributed by atoms with van der Waals surface area (Å²) >= 11 is 0.987. The number of rotatable bonds is 5. The number of hydrogen-bond donors (Lipinski definition) is 2. The number of halogens is 3. The van der Waals surface area contributed by atoms with Crippen LogP contribution < -0.4 is 10.0 Å². The lowest BCUT2D eigenvalue weighted by molar-refractivity contribution is -0.138. The predicted octanol–water partition coefficient (Wildman–Crippen LogP) is 3.38. The number of hydrogen-bond acceptors (Lipinski definition) is 4. The van der Waals surface area contributed by atoms with Crippen LogP contribution in [0.1, 0.15) is 18.1 Å². The van der Waals surface area contributed by atoms with E-state index in [1.807, 2.05) is 0 Å². The van der Waals surface area contributed by atoms with Crippen LogP contribution in [0, 0.1) is 6.92 Å². The van der Waals surface area contributed by atoms with Crippen molar-refractivity contribution in [1.82, 2.24) is 4.72 Å². The van der Waals surface area contributed by atoms with Gasteiger partial charge >= 0.3 is 6.18 Å². The molecule has 0 aliphatic rings. The molecular weight excluding hydrogens is 377 g/mol. The number of aryl methyl sites for hydroxylation is 1. The zero-order chi connectivity index (χ0) is 18.8. The lowest BCUT2D eigenvalue weighted by Crippen LogP contribution is -2.41. The second-order valence-corrected chi connectivity index (χ2v) is 8.18. The Hall–Kier alpha value is -1.91. The Bertz CT molecular complexity index is 863. The highest BCUT2D eigenvalue weighted by Crippen LogP contribution is 2.33. The third kappa shape index (κ3) is 4.80. The monoisotopic (exact) mass is 392 g/mol. The fourth-order valence-corrected chi connectivity index (χ4v) is 4.23. The second kappa shape index (κ2) is 7.14. The summed E-state index contributed by atoms with van der Waals surface area (Å²) in [5.74, 6) is -0.767. The van der Waals surface area contributed by atoms with E-state index in [1.165, 1.54) is 32.0 Å². The van der Waals surface area contributed by atoms with Crippen LogP contribution in [-0.2, 0) is 21.0 Å². The van der Waals surface area contributed by atoms with Gasteiger partial charge in [0.2, 0.25) is 5.91 Å². The Kier molecular flexibility index (Phi) is 5.55. The molecule has 0 bridgehead atoms. The first-order valence-corrected chi connectivity index (χ1v) is 9.41. The highest BCUT2D eigenvalue weighted by Gasteiger charge is 2.32. The van der Waals surface area contributed by atoms with E-state index in [0.717, 1.165) is 17.4 Å². The maximum absolute atomic E-state index is 12.9. The van der Waals surface area contributed by atoms with Gasteiger partial charge in [0, 0.05) is 5.69 Å². The quantitative estimate of drug-likeness (QED) is 0.819. The second-order valence-electron chi connectivity index (χ2n) is 5.29. The minimum Gasteiger partial charge on any atom is -0.325 e. The van der Waals surface area contributed by atoms with Gasteiger partial charge in [0.15, 0.2) is 0 Å². The molecule has 1 aromatic carbocycles. The van der Waals surface area contributed by atoms with Crippen LogP contribution in [0.25, 0.3) is 0 Å². The molecule has 1 unspecified atom stereocenters. The number of thiophene rings is 1. The van der Waals surface area contributed by atoms with Crippen molar-refractivity contribution in [3.8, 4) is 0 Å². The molecule has 136 valence electrons. The van der Waals surface area contributed by atoms with Crippen molar-refractivity contribution in [3.63, 3.8) is 0 Å².